The second-order valence-corrected chi connectivity index (χ2v) is 6.46. The number of carbonyl (C=O) groups is 1. The lowest BCUT2D eigenvalue weighted by atomic mass is 9.93. The van der Waals surface area contributed by atoms with E-state index in [-0.39, 0.29) is 29.1 Å². The van der Waals surface area contributed by atoms with Crippen LogP contribution in [0.25, 0.3) is 0 Å². The molecule has 0 aromatic heterocycles. The van der Waals surface area contributed by atoms with Gasteiger partial charge in [-0.2, -0.15) is 0 Å². The number of hydrogen-bond acceptors (Lipinski definition) is 3. The number of morpholine rings is 1. The minimum atomic E-state index is -0.849. The first-order valence-electron chi connectivity index (χ1n) is 7.70. The maximum atomic E-state index is 14.0. The summed E-state index contributed by atoms with van der Waals surface area (Å²) < 4.78 is 33.1. The molecule has 1 aromatic carbocycles. The van der Waals surface area contributed by atoms with Gasteiger partial charge in [-0.05, 0) is 25.0 Å². The van der Waals surface area contributed by atoms with Gasteiger partial charge in [0, 0.05) is 12.5 Å². The van der Waals surface area contributed by atoms with Gasteiger partial charge < -0.3 is 14.7 Å². The topological polar surface area (TPSA) is 49.8 Å². The first-order valence-corrected chi connectivity index (χ1v) is 8.08. The van der Waals surface area contributed by atoms with Crippen LogP contribution in [0.4, 0.5) is 8.78 Å². The molecule has 1 saturated heterocycles. The van der Waals surface area contributed by atoms with Crippen molar-refractivity contribution in [1.29, 1.82) is 0 Å². The van der Waals surface area contributed by atoms with Gasteiger partial charge >= 0.3 is 0 Å². The van der Waals surface area contributed by atoms with E-state index in [4.69, 9.17) is 16.3 Å². The van der Waals surface area contributed by atoms with E-state index in [9.17, 15) is 18.7 Å². The zero-order valence-electron chi connectivity index (χ0n) is 12.5. The van der Waals surface area contributed by atoms with Gasteiger partial charge in [-0.15, -0.1) is 0 Å². The molecule has 1 N–H and O–H groups in total. The van der Waals surface area contributed by atoms with Gasteiger partial charge in [0.15, 0.2) is 0 Å². The average Bonchev–Trinajstić information content (AvgIpc) is 2.96. The molecule has 1 aliphatic carbocycles. The molecule has 3 atom stereocenters. The van der Waals surface area contributed by atoms with E-state index in [1.807, 2.05) is 0 Å². The molecule has 1 aromatic rings. The van der Waals surface area contributed by atoms with Crippen molar-refractivity contribution in [2.24, 2.45) is 5.92 Å². The summed E-state index contributed by atoms with van der Waals surface area (Å²) in [4.78, 5) is 14.2. The molecule has 126 valence electrons. The van der Waals surface area contributed by atoms with E-state index in [0.29, 0.717) is 19.6 Å². The van der Waals surface area contributed by atoms with Gasteiger partial charge in [-0.25, -0.2) is 8.78 Å². The van der Waals surface area contributed by atoms with Gasteiger partial charge in [-0.3, -0.25) is 4.79 Å². The Balaban J connectivity index is 1.88. The predicted molar refractivity (Wildman–Crippen MR) is 80.4 cm³/mol. The Kier molecular flexibility index (Phi) is 4.85. The summed E-state index contributed by atoms with van der Waals surface area (Å²) in [5.41, 5.74) is -0.341. The highest BCUT2D eigenvalue weighted by atomic mass is 35.5. The number of nitrogens with zero attached hydrogens (tertiary/aromatic N) is 1. The zero-order valence-corrected chi connectivity index (χ0v) is 13.2. The zero-order chi connectivity index (χ0) is 16.6. The van der Waals surface area contributed by atoms with Gasteiger partial charge in [0.1, 0.15) is 11.6 Å². The van der Waals surface area contributed by atoms with Crippen molar-refractivity contribution in [2.75, 3.05) is 19.8 Å². The summed E-state index contributed by atoms with van der Waals surface area (Å²) in [5, 5.41) is 9.74. The summed E-state index contributed by atoms with van der Waals surface area (Å²) in [6.45, 7) is 0.921. The van der Waals surface area contributed by atoms with Crippen LogP contribution in [0.5, 0.6) is 0 Å². The maximum Gasteiger partial charge on any atom is 0.257 e. The number of halogens is 3. The Morgan fingerprint density at radius 1 is 1.30 bits per heavy atom. The Morgan fingerprint density at radius 2 is 2.09 bits per heavy atom. The number of aliphatic hydroxyl groups excluding tert-OH is 1. The molecular formula is C16H18ClF2NO3. The molecule has 3 rings (SSSR count). The molecular weight excluding hydrogens is 328 g/mol. The van der Waals surface area contributed by atoms with Crippen molar-refractivity contribution in [2.45, 2.75) is 31.4 Å². The van der Waals surface area contributed by atoms with Crippen molar-refractivity contribution in [3.8, 4) is 0 Å². The molecule has 1 aliphatic heterocycles. The van der Waals surface area contributed by atoms with E-state index < -0.39 is 23.6 Å². The quantitative estimate of drug-likeness (QED) is 0.838. The third-order valence-corrected chi connectivity index (χ3v) is 4.98. The second-order valence-electron chi connectivity index (χ2n) is 6.05. The minimum Gasteiger partial charge on any atom is -0.393 e. The van der Waals surface area contributed by atoms with Crippen LogP contribution in [0.2, 0.25) is 5.02 Å². The SMILES string of the molecule is O=C(c1cc(F)c(Cl)cc1F)N1CCOC[C@@H]1[C@@H]1CCC[C@@H]1O. The number of rotatable bonds is 2. The fourth-order valence-corrected chi connectivity index (χ4v) is 3.64. The molecule has 4 nitrogen and oxygen atoms in total. The van der Waals surface area contributed by atoms with Gasteiger partial charge in [0.2, 0.25) is 0 Å². The fourth-order valence-electron chi connectivity index (χ4n) is 3.49. The molecule has 1 amide bonds. The highest BCUT2D eigenvalue weighted by Gasteiger charge is 2.40. The standard InChI is InChI=1S/C16H18ClF2NO3/c17-11-7-12(18)10(6-13(11)19)16(22)20-4-5-23-8-14(20)9-2-1-3-15(9)21/h6-7,9,14-15,21H,1-5,8H2/t9-,14+,15-/m0/s1. The molecule has 0 unspecified atom stereocenters. The van der Waals surface area contributed by atoms with Crippen LogP contribution < -0.4 is 0 Å². The Bertz CT molecular complexity index is 613. The fraction of sp³-hybridized carbons (Fsp3) is 0.562. The van der Waals surface area contributed by atoms with Gasteiger partial charge in [0.25, 0.3) is 5.91 Å². The highest BCUT2D eigenvalue weighted by molar-refractivity contribution is 6.30. The van der Waals surface area contributed by atoms with E-state index in [1.165, 1.54) is 4.90 Å². The summed E-state index contributed by atoms with van der Waals surface area (Å²) in [6, 6.07) is 1.31. The molecule has 1 heterocycles. The van der Waals surface area contributed by atoms with Crippen molar-refractivity contribution >= 4 is 17.5 Å². The van der Waals surface area contributed by atoms with Crippen molar-refractivity contribution < 1.29 is 23.4 Å². The van der Waals surface area contributed by atoms with Crippen LogP contribution in [0.15, 0.2) is 12.1 Å². The predicted octanol–water partition coefficient (Wildman–Crippen LogP) is 2.62. The van der Waals surface area contributed by atoms with E-state index in [1.54, 1.807) is 0 Å². The van der Waals surface area contributed by atoms with Crippen LogP contribution >= 0.6 is 11.6 Å². The Labute approximate surface area is 138 Å². The number of hydrogen-bond donors (Lipinski definition) is 1. The lowest BCUT2D eigenvalue weighted by Gasteiger charge is -2.40. The third kappa shape index (κ3) is 3.20. The number of benzene rings is 1. The number of carbonyl (C=O) groups excluding carboxylic acids is 1. The van der Waals surface area contributed by atoms with E-state index in [2.05, 4.69) is 0 Å². The molecule has 7 heteroatoms. The minimum absolute atomic E-state index is 0.0977. The second kappa shape index (κ2) is 6.71. The van der Waals surface area contributed by atoms with E-state index >= 15 is 0 Å². The third-order valence-electron chi connectivity index (χ3n) is 4.69. The molecule has 0 radical (unpaired) electrons. The normalized spacial score (nSPS) is 28.2. The molecule has 0 bridgehead atoms. The molecule has 0 spiro atoms. The monoisotopic (exact) mass is 345 g/mol. The van der Waals surface area contributed by atoms with Crippen LogP contribution in [-0.2, 0) is 4.74 Å². The first-order chi connectivity index (χ1) is 11.0. The maximum absolute atomic E-state index is 14.0. The highest BCUT2D eigenvalue weighted by Crippen LogP contribution is 2.33. The van der Waals surface area contributed by atoms with Crippen molar-refractivity contribution in [1.82, 2.24) is 4.90 Å². The Hall–Kier alpha value is -1.24. The van der Waals surface area contributed by atoms with Gasteiger partial charge in [0.05, 0.1) is 35.9 Å². The smallest absolute Gasteiger partial charge is 0.257 e. The number of ether oxygens (including phenoxy) is 1. The van der Waals surface area contributed by atoms with Crippen molar-refractivity contribution in [3.63, 3.8) is 0 Å². The lowest BCUT2D eigenvalue weighted by Crippen LogP contribution is -2.53. The van der Waals surface area contributed by atoms with Gasteiger partial charge in [-0.1, -0.05) is 18.0 Å². The number of amides is 1. The van der Waals surface area contributed by atoms with Crippen LogP contribution in [-0.4, -0.2) is 47.8 Å². The Morgan fingerprint density at radius 3 is 2.78 bits per heavy atom. The lowest BCUT2D eigenvalue weighted by molar-refractivity contribution is -0.0385. The number of aliphatic hydroxyl groups is 1. The molecule has 23 heavy (non-hydrogen) atoms. The molecule has 2 aliphatic rings. The van der Waals surface area contributed by atoms with Crippen LogP contribution in [0.3, 0.4) is 0 Å². The average molecular weight is 346 g/mol. The van der Waals surface area contributed by atoms with Crippen LogP contribution in [0.1, 0.15) is 29.6 Å². The molecule has 1 saturated carbocycles. The van der Waals surface area contributed by atoms with Crippen LogP contribution in [0, 0.1) is 17.6 Å². The van der Waals surface area contributed by atoms with Crippen molar-refractivity contribution in [3.05, 3.63) is 34.4 Å². The molecule has 2 fully saturated rings. The summed E-state index contributed by atoms with van der Waals surface area (Å²) in [6.07, 6.45) is 1.86. The largest absolute Gasteiger partial charge is 0.393 e. The van der Waals surface area contributed by atoms with E-state index in [0.717, 1.165) is 25.0 Å². The summed E-state index contributed by atoms with van der Waals surface area (Å²) in [7, 11) is 0. The first kappa shape index (κ1) is 16.6. The summed E-state index contributed by atoms with van der Waals surface area (Å²) in [5.74, 6) is -2.37. The summed E-state index contributed by atoms with van der Waals surface area (Å²) >= 11 is 5.53.